The minimum absolute atomic E-state index is 0.669. The molecule has 0 amide bonds. The molecule has 2 saturated carbocycles. The predicted octanol–water partition coefficient (Wildman–Crippen LogP) is 5.11. The van der Waals surface area contributed by atoms with Crippen LogP contribution < -0.4 is 4.48 Å². The Morgan fingerprint density at radius 2 is 1.74 bits per heavy atom. The SMILES string of the molecule is Cc1nc([N+](C)(C2CC2)C2CC2)c2nc(C)n(-c3ccc(Cl)cc3Br)c2n1. The Kier molecular flexibility index (Phi) is 3.91. The number of hydrogen-bond acceptors (Lipinski definition) is 3. The molecule has 2 aromatic heterocycles. The van der Waals surface area contributed by atoms with Crippen LogP contribution in [0.25, 0.3) is 16.9 Å². The van der Waals surface area contributed by atoms with Gasteiger partial charge < -0.3 is 0 Å². The van der Waals surface area contributed by atoms with Crippen molar-refractivity contribution in [3.8, 4) is 5.69 Å². The fraction of sp³-hybridized carbons (Fsp3) is 0.450. The average Bonchev–Trinajstić information content (AvgIpc) is 3.51. The van der Waals surface area contributed by atoms with Gasteiger partial charge in [-0.1, -0.05) is 11.6 Å². The lowest BCUT2D eigenvalue weighted by Crippen LogP contribution is -2.50. The maximum Gasteiger partial charge on any atom is 0.259 e. The number of benzene rings is 1. The van der Waals surface area contributed by atoms with E-state index in [1.54, 1.807) is 0 Å². The normalized spacial score (nSPS) is 17.7. The smallest absolute Gasteiger partial charge is 0.259 e. The molecule has 3 aromatic rings. The summed E-state index contributed by atoms with van der Waals surface area (Å²) in [6.45, 7) is 4.01. The Hall–Kier alpha value is -1.50. The minimum Gasteiger partial charge on any atom is -0.279 e. The summed E-state index contributed by atoms with van der Waals surface area (Å²) in [5.41, 5.74) is 2.81. The van der Waals surface area contributed by atoms with Gasteiger partial charge in [-0.3, -0.25) is 9.05 Å². The number of fused-ring (bicyclic) bond motifs is 1. The topological polar surface area (TPSA) is 43.6 Å². The van der Waals surface area contributed by atoms with E-state index in [4.69, 9.17) is 26.6 Å². The first-order chi connectivity index (χ1) is 12.9. The second-order valence-corrected chi connectivity index (χ2v) is 9.26. The van der Waals surface area contributed by atoms with E-state index in [-0.39, 0.29) is 0 Å². The van der Waals surface area contributed by atoms with E-state index in [9.17, 15) is 0 Å². The number of nitrogens with zero attached hydrogens (tertiary/aromatic N) is 5. The van der Waals surface area contributed by atoms with E-state index in [1.165, 1.54) is 25.7 Å². The summed E-state index contributed by atoms with van der Waals surface area (Å²) in [7, 11) is 2.35. The Morgan fingerprint density at radius 1 is 1.07 bits per heavy atom. The van der Waals surface area contributed by atoms with Crippen LogP contribution in [-0.2, 0) is 0 Å². The lowest BCUT2D eigenvalue weighted by Gasteiger charge is -2.33. The van der Waals surface area contributed by atoms with E-state index in [1.807, 2.05) is 32.0 Å². The van der Waals surface area contributed by atoms with Gasteiger partial charge in [0.2, 0.25) is 0 Å². The number of hydrogen-bond donors (Lipinski definition) is 0. The van der Waals surface area contributed by atoms with Crippen LogP contribution in [0.15, 0.2) is 22.7 Å². The van der Waals surface area contributed by atoms with Crippen molar-refractivity contribution < 1.29 is 0 Å². The van der Waals surface area contributed by atoms with Gasteiger partial charge in [-0.05, 0) is 48.0 Å². The standard InChI is InChI=1S/C20H22BrClN5/c1-11-23-19-18(20(24-11)27(3,14-5-6-14)15-7-8-15)25-12(2)26(19)17-9-4-13(22)10-16(17)21/h4,9-10,14-15H,5-8H2,1-3H3/q+1. The fourth-order valence-corrected chi connectivity index (χ4v) is 5.17. The van der Waals surface area contributed by atoms with Gasteiger partial charge in [0.1, 0.15) is 11.6 Å². The molecule has 5 rings (SSSR count). The van der Waals surface area contributed by atoms with E-state index in [0.717, 1.165) is 43.3 Å². The number of rotatable bonds is 4. The van der Waals surface area contributed by atoms with Crippen LogP contribution in [0.4, 0.5) is 5.82 Å². The number of quaternary nitrogens is 1. The third-order valence-electron chi connectivity index (χ3n) is 5.99. The maximum atomic E-state index is 6.15. The van der Waals surface area contributed by atoms with Crippen molar-refractivity contribution in [3.63, 3.8) is 0 Å². The summed E-state index contributed by atoms with van der Waals surface area (Å²) < 4.78 is 3.95. The predicted molar refractivity (Wildman–Crippen MR) is 113 cm³/mol. The Labute approximate surface area is 172 Å². The quantitative estimate of drug-likeness (QED) is 0.522. The summed E-state index contributed by atoms with van der Waals surface area (Å²) in [5.74, 6) is 2.80. The van der Waals surface area contributed by atoms with Gasteiger partial charge in [-0.2, -0.15) is 4.98 Å². The summed E-state index contributed by atoms with van der Waals surface area (Å²) in [5, 5.41) is 0.700. The van der Waals surface area contributed by atoms with E-state index in [2.05, 4.69) is 27.5 Å². The fourth-order valence-electron chi connectivity index (χ4n) is 4.31. The van der Waals surface area contributed by atoms with Gasteiger partial charge in [0.05, 0.1) is 24.8 Å². The third-order valence-corrected chi connectivity index (χ3v) is 6.86. The molecule has 0 bridgehead atoms. The molecular formula is C20H22BrClN5+. The third kappa shape index (κ3) is 2.72. The molecule has 140 valence electrons. The largest absolute Gasteiger partial charge is 0.279 e. The first kappa shape index (κ1) is 17.6. The van der Waals surface area contributed by atoms with Crippen LogP contribution in [0.2, 0.25) is 5.02 Å². The van der Waals surface area contributed by atoms with Gasteiger partial charge in [0.15, 0.2) is 11.2 Å². The zero-order valence-electron chi connectivity index (χ0n) is 15.7. The Morgan fingerprint density at radius 3 is 2.33 bits per heavy atom. The van der Waals surface area contributed by atoms with Crippen LogP contribution in [0.1, 0.15) is 37.3 Å². The molecule has 27 heavy (non-hydrogen) atoms. The summed E-state index contributed by atoms with van der Waals surface area (Å²) in [4.78, 5) is 14.7. The minimum atomic E-state index is 0.669. The van der Waals surface area contributed by atoms with Crippen molar-refractivity contribution in [2.24, 2.45) is 0 Å². The molecule has 0 unspecified atom stereocenters. The van der Waals surface area contributed by atoms with E-state index >= 15 is 0 Å². The number of aryl methyl sites for hydroxylation is 2. The van der Waals surface area contributed by atoms with Crippen molar-refractivity contribution in [2.75, 3.05) is 7.05 Å². The second kappa shape index (κ2) is 6.00. The highest BCUT2D eigenvalue weighted by molar-refractivity contribution is 9.10. The maximum absolute atomic E-state index is 6.15. The summed E-state index contributed by atoms with van der Waals surface area (Å²) >= 11 is 9.80. The molecule has 7 heteroatoms. The first-order valence-electron chi connectivity index (χ1n) is 9.45. The monoisotopic (exact) mass is 446 g/mol. The molecule has 0 atom stereocenters. The van der Waals surface area contributed by atoms with Crippen LogP contribution in [0, 0.1) is 13.8 Å². The number of imidazole rings is 1. The first-order valence-corrected chi connectivity index (χ1v) is 10.6. The van der Waals surface area contributed by atoms with Gasteiger partial charge in [-0.25, -0.2) is 9.97 Å². The van der Waals surface area contributed by atoms with Gasteiger partial charge >= 0.3 is 0 Å². The molecule has 2 aliphatic rings. The molecule has 0 aliphatic heterocycles. The van der Waals surface area contributed by atoms with E-state index < -0.39 is 0 Å². The van der Waals surface area contributed by atoms with Gasteiger partial charge in [0.25, 0.3) is 5.82 Å². The Balaban J connectivity index is 1.78. The molecular weight excluding hydrogens is 426 g/mol. The molecule has 0 radical (unpaired) electrons. The molecule has 0 saturated heterocycles. The zero-order chi connectivity index (χ0) is 18.9. The van der Waals surface area contributed by atoms with Crippen molar-refractivity contribution >= 4 is 44.5 Å². The summed E-state index contributed by atoms with van der Waals surface area (Å²) in [6, 6.07) is 7.15. The van der Waals surface area contributed by atoms with E-state index in [0.29, 0.717) is 17.1 Å². The highest BCUT2D eigenvalue weighted by Crippen LogP contribution is 2.48. The Bertz CT molecular complexity index is 1060. The zero-order valence-corrected chi connectivity index (χ0v) is 18.0. The lowest BCUT2D eigenvalue weighted by molar-refractivity contribution is 0.302. The van der Waals surface area contributed by atoms with Crippen LogP contribution >= 0.6 is 27.5 Å². The second-order valence-electron chi connectivity index (χ2n) is 7.97. The molecule has 2 aliphatic carbocycles. The number of halogens is 2. The van der Waals surface area contributed by atoms with Crippen molar-refractivity contribution in [1.29, 1.82) is 0 Å². The van der Waals surface area contributed by atoms with Crippen molar-refractivity contribution in [1.82, 2.24) is 24.0 Å². The van der Waals surface area contributed by atoms with Gasteiger partial charge in [0, 0.05) is 35.2 Å². The highest BCUT2D eigenvalue weighted by Gasteiger charge is 2.55. The van der Waals surface area contributed by atoms with Crippen molar-refractivity contribution in [3.05, 3.63) is 39.3 Å². The molecule has 1 aromatic carbocycles. The number of aromatic nitrogens is 4. The highest BCUT2D eigenvalue weighted by atomic mass is 79.9. The molecule has 0 spiro atoms. The van der Waals surface area contributed by atoms with Crippen LogP contribution in [0.3, 0.4) is 0 Å². The molecule has 2 fully saturated rings. The molecule has 5 nitrogen and oxygen atoms in total. The van der Waals surface area contributed by atoms with Crippen molar-refractivity contribution in [2.45, 2.75) is 51.6 Å². The van der Waals surface area contributed by atoms with Crippen LogP contribution in [-0.4, -0.2) is 38.7 Å². The average molecular weight is 448 g/mol. The lowest BCUT2D eigenvalue weighted by atomic mass is 10.3. The molecule has 0 N–H and O–H groups in total. The van der Waals surface area contributed by atoms with Gasteiger partial charge in [-0.15, -0.1) is 0 Å². The van der Waals surface area contributed by atoms with Crippen LogP contribution in [0.5, 0.6) is 0 Å². The molecule has 2 heterocycles. The summed E-state index contributed by atoms with van der Waals surface area (Å²) in [6.07, 6.45) is 5.11.